The molecule has 1 saturated heterocycles. The van der Waals surface area contributed by atoms with Crippen molar-refractivity contribution < 1.29 is 23.9 Å². The molecule has 2 heterocycles. The normalized spacial score (nSPS) is 17.6. The molecule has 0 spiro atoms. The lowest BCUT2D eigenvalue weighted by Gasteiger charge is -2.35. The summed E-state index contributed by atoms with van der Waals surface area (Å²) in [6, 6.07) is 5.36. The van der Waals surface area contributed by atoms with E-state index in [4.69, 9.17) is 4.74 Å². The van der Waals surface area contributed by atoms with Gasteiger partial charge in [-0.2, -0.15) is 0 Å². The lowest BCUT2D eigenvalue weighted by Crippen LogP contribution is -2.61. The molecule has 3 N–H and O–H groups in total. The summed E-state index contributed by atoms with van der Waals surface area (Å²) in [5.74, 6) is -1.73. The first-order valence-electron chi connectivity index (χ1n) is 14.0. The largest absolute Gasteiger partial charge is 0.457 e. The second kappa shape index (κ2) is 14.5. The number of allylic oxidation sites excluding steroid dienone is 1. The number of hydrogen-bond donors (Lipinski definition) is 3. The number of amides is 3. The number of pyridine rings is 1. The average molecular weight is 564 g/mol. The topological polar surface area (TPSA) is 130 Å². The summed E-state index contributed by atoms with van der Waals surface area (Å²) in [6.45, 7) is 13.0. The van der Waals surface area contributed by atoms with E-state index in [0.717, 1.165) is 22.0 Å². The van der Waals surface area contributed by atoms with Gasteiger partial charge in [0.1, 0.15) is 24.2 Å². The van der Waals surface area contributed by atoms with Crippen LogP contribution in [0.1, 0.15) is 71.2 Å². The Labute approximate surface area is 241 Å². The molecule has 1 aliphatic heterocycles. The standard InChI is InChI=1S/C31H41N5O5/c1-7-9-12-27(37)34-28(19(3)4)29(38)33-20(5)30(39)36-15-10-11-26(35-36)31(40)41-21(6)22-13-14-23-18-32-25(8-2)17-24(23)16-22/h7-9,13-14,16-21,26,28,35H,2,10-12,15H2,1,3-6H3,(H,33,38)(H,34,37). The van der Waals surface area contributed by atoms with Gasteiger partial charge in [-0.1, -0.05) is 44.7 Å². The minimum atomic E-state index is -0.870. The van der Waals surface area contributed by atoms with Gasteiger partial charge in [0.2, 0.25) is 11.8 Å². The molecule has 1 aliphatic rings. The van der Waals surface area contributed by atoms with E-state index >= 15 is 0 Å². The number of esters is 1. The van der Waals surface area contributed by atoms with Crippen molar-refractivity contribution in [2.24, 2.45) is 5.92 Å². The van der Waals surface area contributed by atoms with Crippen LogP contribution in [0.3, 0.4) is 0 Å². The Kier molecular flexibility index (Phi) is 11.2. The molecule has 2 aromatic rings. The fraction of sp³-hybridized carbons (Fsp3) is 0.452. The Morgan fingerprint density at radius 2 is 1.90 bits per heavy atom. The number of carbonyl (C=O) groups is 4. The van der Waals surface area contributed by atoms with Gasteiger partial charge in [-0.3, -0.25) is 29.2 Å². The van der Waals surface area contributed by atoms with E-state index in [-0.39, 0.29) is 24.2 Å². The highest BCUT2D eigenvalue weighted by atomic mass is 16.5. The molecule has 0 radical (unpaired) electrons. The van der Waals surface area contributed by atoms with Crippen molar-refractivity contribution in [3.8, 4) is 0 Å². The van der Waals surface area contributed by atoms with Gasteiger partial charge in [0.05, 0.1) is 5.69 Å². The van der Waals surface area contributed by atoms with Gasteiger partial charge in [0.25, 0.3) is 5.91 Å². The summed E-state index contributed by atoms with van der Waals surface area (Å²) in [5.41, 5.74) is 4.57. The van der Waals surface area contributed by atoms with E-state index < -0.39 is 36.1 Å². The smallest absolute Gasteiger partial charge is 0.325 e. The van der Waals surface area contributed by atoms with Gasteiger partial charge in [0, 0.05) is 24.5 Å². The number of hydrogen-bond acceptors (Lipinski definition) is 7. The molecule has 1 aromatic heterocycles. The van der Waals surface area contributed by atoms with E-state index in [9.17, 15) is 19.2 Å². The zero-order valence-electron chi connectivity index (χ0n) is 24.5. The second-order valence-corrected chi connectivity index (χ2v) is 10.6. The fourth-order valence-corrected chi connectivity index (χ4v) is 4.57. The van der Waals surface area contributed by atoms with Gasteiger partial charge in [-0.25, -0.2) is 5.43 Å². The number of rotatable bonds is 11. The van der Waals surface area contributed by atoms with E-state index in [2.05, 4.69) is 27.6 Å². The predicted octanol–water partition coefficient (Wildman–Crippen LogP) is 3.59. The molecule has 10 nitrogen and oxygen atoms in total. The maximum absolute atomic E-state index is 13.2. The quantitative estimate of drug-likeness (QED) is 0.281. The third-order valence-electron chi connectivity index (χ3n) is 7.01. The van der Waals surface area contributed by atoms with Gasteiger partial charge >= 0.3 is 5.97 Å². The van der Waals surface area contributed by atoms with Crippen molar-refractivity contribution in [1.29, 1.82) is 0 Å². The first-order valence-corrected chi connectivity index (χ1v) is 14.0. The molecule has 0 saturated carbocycles. The highest BCUT2D eigenvalue weighted by Crippen LogP contribution is 2.24. The molecule has 220 valence electrons. The number of nitrogens with zero attached hydrogens (tertiary/aromatic N) is 2. The van der Waals surface area contributed by atoms with Gasteiger partial charge in [-0.15, -0.1) is 0 Å². The highest BCUT2D eigenvalue weighted by Gasteiger charge is 2.33. The van der Waals surface area contributed by atoms with Crippen LogP contribution < -0.4 is 16.1 Å². The van der Waals surface area contributed by atoms with Crippen molar-refractivity contribution in [2.75, 3.05) is 6.54 Å². The van der Waals surface area contributed by atoms with Crippen LogP contribution in [0.15, 0.2) is 49.2 Å². The molecule has 1 fully saturated rings. The first-order chi connectivity index (χ1) is 19.5. The first kappa shape index (κ1) is 31.5. The number of benzene rings is 1. The molecule has 10 heteroatoms. The third-order valence-corrected chi connectivity index (χ3v) is 7.01. The average Bonchev–Trinajstić information content (AvgIpc) is 2.97. The van der Waals surface area contributed by atoms with Crippen LogP contribution in [0, 0.1) is 5.92 Å². The molecular formula is C31H41N5O5. The predicted molar refractivity (Wildman–Crippen MR) is 158 cm³/mol. The summed E-state index contributed by atoms with van der Waals surface area (Å²) >= 11 is 0. The number of nitrogens with one attached hydrogen (secondary N) is 3. The monoisotopic (exact) mass is 563 g/mol. The van der Waals surface area contributed by atoms with E-state index in [0.29, 0.717) is 19.4 Å². The minimum absolute atomic E-state index is 0.171. The molecule has 4 atom stereocenters. The van der Waals surface area contributed by atoms with Gasteiger partial charge in [-0.05, 0) is 68.7 Å². The second-order valence-electron chi connectivity index (χ2n) is 10.6. The maximum Gasteiger partial charge on any atom is 0.325 e. The zero-order valence-corrected chi connectivity index (χ0v) is 24.5. The number of carbonyl (C=O) groups excluding carboxylic acids is 4. The van der Waals surface area contributed by atoms with Crippen molar-refractivity contribution >= 4 is 40.5 Å². The van der Waals surface area contributed by atoms with Crippen molar-refractivity contribution in [3.05, 3.63) is 60.5 Å². The summed E-state index contributed by atoms with van der Waals surface area (Å²) in [6.07, 6.45) is 7.69. The van der Waals surface area contributed by atoms with Crippen molar-refractivity contribution in [2.45, 2.75) is 78.1 Å². The third kappa shape index (κ3) is 8.47. The Bertz CT molecular complexity index is 1310. The Balaban J connectivity index is 1.58. The number of fused-ring (bicyclic) bond motifs is 1. The maximum atomic E-state index is 13.2. The van der Waals surface area contributed by atoms with E-state index in [1.165, 1.54) is 5.01 Å². The molecule has 0 bridgehead atoms. The van der Waals surface area contributed by atoms with Crippen LogP contribution in [0.5, 0.6) is 0 Å². The van der Waals surface area contributed by atoms with E-state index in [1.54, 1.807) is 38.3 Å². The lowest BCUT2D eigenvalue weighted by molar-refractivity contribution is -0.157. The Morgan fingerprint density at radius 3 is 2.59 bits per heavy atom. The van der Waals surface area contributed by atoms with Crippen LogP contribution in [-0.2, 0) is 23.9 Å². The molecule has 1 aromatic carbocycles. The van der Waals surface area contributed by atoms with Crippen molar-refractivity contribution in [1.82, 2.24) is 26.1 Å². The zero-order chi connectivity index (χ0) is 30.1. The molecule has 0 aliphatic carbocycles. The number of hydrazine groups is 1. The highest BCUT2D eigenvalue weighted by molar-refractivity contribution is 5.92. The molecular weight excluding hydrogens is 522 g/mol. The van der Waals surface area contributed by atoms with Crippen LogP contribution in [0.4, 0.5) is 0 Å². The summed E-state index contributed by atoms with van der Waals surface area (Å²) in [4.78, 5) is 55.6. The van der Waals surface area contributed by atoms with Crippen LogP contribution in [0.2, 0.25) is 0 Å². The molecule has 4 unspecified atom stereocenters. The molecule has 3 amide bonds. The summed E-state index contributed by atoms with van der Waals surface area (Å²) < 4.78 is 5.77. The van der Waals surface area contributed by atoms with Gasteiger partial charge in [0.15, 0.2) is 0 Å². The number of aromatic nitrogens is 1. The fourth-order valence-electron chi connectivity index (χ4n) is 4.57. The van der Waals surface area contributed by atoms with E-state index in [1.807, 2.05) is 45.0 Å². The summed E-state index contributed by atoms with van der Waals surface area (Å²) in [7, 11) is 0. The Hall–Kier alpha value is -4.05. The van der Waals surface area contributed by atoms with Crippen LogP contribution in [-0.4, -0.2) is 58.4 Å². The number of ether oxygens (including phenoxy) is 1. The van der Waals surface area contributed by atoms with Crippen LogP contribution >= 0.6 is 0 Å². The SMILES string of the molecule is C=Cc1cc2cc(C(C)OC(=O)C3CCCN(C(=O)C(C)NC(=O)C(NC(=O)CC=CC)C(C)C)N3)ccc2cn1. The Morgan fingerprint density at radius 1 is 1.15 bits per heavy atom. The molecule has 41 heavy (non-hydrogen) atoms. The van der Waals surface area contributed by atoms with Gasteiger partial charge < -0.3 is 15.4 Å². The van der Waals surface area contributed by atoms with Crippen molar-refractivity contribution in [3.63, 3.8) is 0 Å². The van der Waals surface area contributed by atoms with Crippen LogP contribution in [0.25, 0.3) is 16.8 Å². The lowest BCUT2D eigenvalue weighted by atomic mass is 10.0. The molecule has 3 rings (SSSR count). The summed E-state index contributed by atoms with van der Waals surface area (Å²) in [5, 5.41) is 8.74. The minimum Gasteiger partial charge on any atom is -0.457 e.